The van der Waals surface area contributed by atoms with Crippen LogP contribution in [-0.4, -0.2) is 33.7 Å². The standard InChI is InChI=1S/C13H21N3O/c1-9-6-15-11(10(2)12(9)14)7-16-5-4-13(3,17)8-16/h6,17H,4-5,7-8H2,1-3H3,(H2,14,15). The quantitative estimate of drug-likeness (QED) is 0.809. The molecule has 4 nitrogen and oxygen atoms in total. The van der Waals surface area contributed by atoms with Crippen molar-refractivity contribution in [1.29, 1.82) is 0 Å². The molecule has 1 aromatic rings. The van der Waals surface area contributed by atoms with Gasteiger partial charge in [0.2, 0.25) is 0 Å². The van der Waals surface area contributed by atoms with Gasteiger partial charge in [-0.05, 0) is 38.3 Å². The van der Waals surface area contributed by atoms with Crippen LogP contribution in [0.25, 0.3) is 0 Å². The van der Waals surface area contributed by atoms with Gasteiger partial charge in [0.15, 0.2) is 0 Å². The van der Waals surface area contributed by atoms with Gasteiger partial charge in [-0.3, -0.25) is 9.88 Å². The third-order valence-corrected chi connectivity index (χ3v) is 3.58. The maximum Gasteiger partial charge on any atom is 0.0758 e. The number of anilines is 1. The number of nitrogens with two attached hydrogens (primary N) is 1. The third-order valence-electron chi connectivity index (χ3n) is 3.58. The molecule has 2 rings (SSSR count). The maximum atomic E-state index is 9.92. The summed E-state index contributed by atoms with van der Waals surface area (Å²) in [7, 11) is 0. The van der Waals surface area contributed by atoms with Crippen molar-refractivity contribution >= 4 is 5.69 Å². The van der Waals surface area contributed by atoms with E-state index >= 15 is 0 Å². The van der Waals surface area contributed by atoms with E-state index < -0.39 is 5.60 Å². The number of aromatic nitrogens is 1. The smallest absolute Gasteiger partial charge is 0.0758 e. The highest BCUT2D eigenvalue weighted by molar-refractivity contribution is 5.53. The van der Waals surface area contributed by atoms with E-state index in [2.05, 4.69) is 9.88 Å². The Balaban J connectivity index is 2.13. The van der Waals surface area contributed by atoms with Gasteiger partial charge in [-0.2, -0.15) is 0 Å². The predicted molar refractivity (Wildman–Crippen MR) is 68.6 cm³/mol. The van der Waals surface area contributed by atoms with Crippen LogP contribution < -0.4 is 5.73 Å². The lowest BCUT2D eigenvalue weighted by Gasteiger charge is -2.19. The Labute approximate surface area is 102 Å². The molecule has 2 heterocycles. The van der Waals surface area contributed by atoms with Gasteiger partial charge in [-0.15, -0.1) is 0 Å². The largest absolute Gasteiger partial charge is 0.398 e. The molecular formula is C13H21N3O. The molecule has 0 bridgehead atoms. The van der Waals surface area contributed by atoms with Crippen LogP contribution in [-0.2, 0) is 6.54 Å². The van der Waals surface area contributed by atoms with E-state index in [1.54, 1.807) is 0 Å². The van der Waals surface area contributed by atoms with Crippen molar-refractivity contribution in [3.05, 3.63) is 23.0 Å². The van der Waals surface area contributed by atoms with Crippen LogP contribution in [0.5, 0.6) is 0 Å². The molecule has 0 aromatic carbocycles. The molecule has 1 unspecified atom stereocenters. The van der Waals surface area contributed by atoms with Gasteiger partial charge < -0.3 is 10.8 Å². The van der Waals surface area contributed by atoms with Crippen LogP contribution in [0.3, 0.4) is 0 Å². The molecule has 17 heavy (non-hydrogen) atoms. The van der Waals surface area contributed by atoms with Gasteiger partial charge in [-0.25, -0.2) is 0 Å². The molecule has 1 aliphatic rings. The molecule has 0 aliphatic carbocycles. The van der Waals surface area contributed by atoms with E-state index in [1.807, 2.05) is 27.0 Å². The van der Waals surface area contributed by atoms with Gasteiger partial charge in [0, 0.05) is 31.5 Å². The lowest BCUT2D eigenvalue weighted by Crippen LogP contribution is -2.29. The molecule has 0 spiro atoms. The highest BCUT2D eigenvalue weighted by atomic mass is 16.3. The van der Waals surface area contributed by atoms with Crippen LogP contribution >= 0.6 is 0 Å². The van der Waals surface area contributed by atoms with Crippen molar-refractivity contribution in [3.8, 4) is 0 Å². The molecule has 3 N–H and O–H groups in total. The third kappa shape index (κ3) is 2.58. The Kier molecular flexibility index (Phi) is 3.10. The van der Waals surface area contributed by atoms with Crippen molar-refractivity contribution in [2.24, 2.45) is 0 Å². The number of hydrogen-bond donors (Lipinski definition) is 2. The van der Waals surface area contributed by atoms with E-state index in [4.69, 9.17) is 5.73 Å². The number of β-amino-alcohol motifs (C(OH)–C–C–N with tert-alkyl or cyclic N) is 1. The second kappa shape index (κ2) is 4.27. The summed E-state index contributed by atoms with van der Waals surface area (Å²) >= 11 is 0. The number of nitrogen functional groups attached to an aromatic ring is 1. The van der Waals surface area contributed by atoms with Gasteiger partial charge in [0.05, 0.1) is 11.3 Å². The average Bonchev–Trinajstić information content (AvgIpc) is 2.59. The average molecular weight is 235 g/mol. The lowest BCUT2D eigenvalue weighted by atomic mass is 10.1. The zero-order valence-corrected chi connectivity index (χ0v) is 10.8. The van der Waals surface area contributed by atoms with E-state index in [1.165, 1.54) is 0 Å². The van der Waals surface area contributed by atoms with Crippen LogP contribution in [0.1, 0.15) is 30.2 Å². The highest BCUT2D eigenvalue weighted by Gasteiger charge is 2.31. The second-order valence-electron chi connectivity index (χ2n) is 5.38. The minimum Gasteiger partial charge on any atom is -0.398 e. The van der Waals surface area contributed by atoms with Crippen molar-refractivity contribution in [3.63, 3.8) is 0 Å². The summed E-state index contributed by atoms with van der Waals surface area (Å²) < 4.78 is 0. The summed E-state index contributed by atoms with van der Waals surface area (Å²) in [6.45, 7) is 8.27. The van der Waals surface area contributed by atoms with Crippen molar-refractivity contribution in [1.82, 2.24) is 9.88 Å². The Hall–Kier alpha value is -1.13. The first kappa shape index (κ1) is 12.3. The second-order valence-corrected chi connectivity index (χ2v) is 5.38. The van der Waals surface area contributed by atoms with Crippen molar-refractivity contribution in [2.45, 2.75) is 39.3 Å². The van der Waals surface area contributed by atoms with Crippen molar-refractivity contribution < 1.29 is 5.11 Å². The molecule has 94 valence electrons. The summed E-state index contributed by atoms with van der Waals surface area (Å²) in [4.78, 5) is 6.67. The molecule has 1 aromatic heterocycles. The van der Waals surface area contributed by atoms with E-state index in [9.17, 15) is 5.11 Å². The highest BCUT2D eigenvalue weighted by Crippen LogP contribution is 2.24. The fourth-order valence-electron chi connectivity index (χ4n) is 2.34. The zero-order chi connectivity index (χ0) is 12.6. The monoisotopic (exact) mass is 235 g/mol. The first-order valence-electron chi connectivity index (χ1n) is 6.04. The normalized spacial score (nSPS) is 25.4. The molecule has 0 amide bonds. The summed E-state index contributed by atoms with van der Waals surface area (Å²) in [6.07, 6.45) is 2.65. The molecular weight excluding hydrogens is 214 g/mol. The van der Waals surface area contributed by atoms with E-state index in [-0.39, 0.29) is 0 Å². The van der Waals surface area contributed by atoms with E-state index in [0.717, 1.165) is 42.0 Å². The number of likely N-dealkylation sites (tertiary alicyclic amines) is 1. The molecule has 0 saturated carbocycles. The fourth-order valence-corrected chi connectivity index (χ4v) is 2.34. The number of rotatable bonds is 2. The topological polar surface area (TPSA) is 62.4 Å². The Bertz CT molecular complexity index is 429. The molecule has 1 aliphatic heterocycles. The lowest BCUT2D eigenvalue weighted by molar-refractivity contribution is 0.0677. The fraction of sp³-hybridized carbons (Fsp3) is 0.615. The number of aliphatic hydroxyl groups is 1. The number of aryl methyl sites for hydroxylation is 1. The van der Waals surface area contributed by atoms with Crippen molar-refractivity contribution in [2.75, 3.05) is 18.8 Å². The first-order valence-corrected chi connectivity index (χ1v) is 6.04. The number of nitrogens with zero attached hydrogens (tertiary/aromatic N) is 2. The minimum atomic E-state index is -0.551. The molecule has 1 saturated heterocycles. The van der Waals surface area contributed by atoms with E-state index in [0.29, 0.717) is 6.54 Å². The number of hydrogen-bond acceptors (Lipinski definition) is 4. The van der Waals surface area contributed by atoms with Crippen LogP contribution in [0.2, 0.25) is 0 Å². The Morgan fingerprint density at radius 3 is 2.82 bits per heavy atom. The Morgan fingerprint density at radius 1 is 1.53 bits per heavy atom. The van der Waals surface area contributed by atoms with Gasteiger partial charge >= 0.3 is 0 Å². The summed E-state index contributed by atoms with van der Waals surface area (Å²) in [5.74, 6) is 0. The SMILES string of the molecule is Cc1cnc(CN2CCC(C)(O)C2)c(C)c1N. The van der Waals surface area contributed by atoms with Crippen LogP contribution in [0.4, 0.5) is 5.69 Å². The number of pyridine rings is 1. The van der Waals surface area contributed by atoms with Gasteiger partial charge in [-0.1, -0.05) is 0 Å². The minimum absolute atomic E-state index is 0.551. The van der Waals surface area contributed by atoms with Crippen LogP contribution in [0.15, 0.2) is 6.20 Å². The molecule has 4 heteroatoms. The maximum absolute atomic E-state index is 9.92. The summed E-state index contributed by atoms with van der Waals surface area (Å²) in [6, 6.07) is 0. The summed E-state index contributed by atoms with van der Waals surface area (Å²) in [5, 5.41) is 9.92. The molecule has 1 fully saturated rings. The van der Waals surface area contributed by atoms with Crippen LogP contribution in [0, 0.1) is 13.8 Å². The van der Waals surface area contributed by atoms with Gasteiger partial charge in [0.25, 0.3) is 0 Å². The Morgan fingerprint density at radius 2 is 2.24 bits per heavy atom. The predicted octanol–water partition coefficient (Wildman–Crippen LogP) is 1.24. The molecule has 1 atom stereocenters. The summed E-state index contributed by atoms with van der Waals surface area (Å²) in [5.41, 5.74) is 9.40. The van der Waals surface area contributed by atoms with Gasteiger partial charge in [0.1, 0.15) is 0 Å². The molecule has 0 radical (unpaired) electrons. The first-order chi connectivity index (χ1) is 7.89. The zero-order valence-electron chi connectivity index (χ0n) is 10.8.